The van der Waals surface area contributed by atoms with Crippen LogP contribution in [0, 0.1) is 0 Å². The van der Waals surface area contributed by atoms with Crippen LogP contribution in [0.25, 0.3) is 0 Å². The molecule has 0 aromatic rings. The summed E-state index contributed by atoms with van der Waals surface area (Å²) in [7, 11) is 0. The molecule has 3 amide bonds. The van der Waals surface area contributed by atoms with Crippen LogP contribution in [0.1, 0.15) is 0 Å². The fraction of sp³-hybridized carbons (Fsp3) is 0. The highest BCUT2D eigenvalue weighted by Gasteiger charge is 1.70. The lowest BCUT2D eigenvalue weighted by Crippen LogP contribution is -2.18. The van der Waals surface area contributed by atoms with E-state index in [1.807, 2.05) is 0 Å². The molecule has 0 unspecified atom stereocenters. The number of hydrogen-bond donors (Lipinski definition) is 6. The number of hydrogen-bond acceptors (Lipinski definition) is 3. The second-order valence-corrected chi connectivity index (χ2v) is 1.02. The van der Waals surface area contributed by atoms with Gasteiger partial charge in [0.15, 0.2) is 0 Å². The summed E-state index contributed by atoms with van der Waals surface area (Å²) in [6.07, 6.45) is -3.17. The lowest BCUT2D eigenvalue weighted by Gasteiger charge is -1.62. The third-order valence-electron chi connectivity index (χ3n) is 0. The van der Waals surface area contributed by atoms with Crippen LogP contribution < -0.4 is 17.2 Å². The maximum Gasteiger partial charge on any atom is 0.503 e. The Hall–Kier alpha value is -2.19. The van der Waals surface area contributed by atoms with Gasteiger partial charge in [-0.2, -0.15) is 0 Å². The zero-order valence-corrected chi connectivity index (χ0v) is 5.80. The van der Waals surface area contributed by atoms with E-state index in [2.05, 4.69) is 17.2 Å². The third kappa shape index (κ3) is 75.5. The summed E-state index contributed by atoms with van der Waals surface area (Å²) < 4.78 is 0. The summed E-state index contributed by atoms with van der Waals surface area (Å²) in [4.78, 5) is 26.3. The molecule has 9 nitrogen and oxygen atoms in total. The number of carbonyl (C=O) groups excluding carboxylic acids is 1. The van der Waals surface area contributed by atoms with E-state index < -0.39 is 18.3 Å². The highest BCUT2D eigenvalue weighted by Crippen LogP contribution is 1.42. The van der Waals surface area contributed by atoms with Crippen molar-refractivity contribution in [3.05, 3.63) is 0 Å². The monoisotopic (exact) mass is 183 g/mol. The van der Waals surface area contributed by atoms with Crippen molar-refractivity contribution >= 4 is 18.3 Å². The van der Waals surface area contributed by atoms with Crippen LogP contribution in [-0.2, 0) is 0 Å². The van der Waals surface area contributed by atoms with Gasteiger partial charge < -0.3 is 32.5 Å². The lowest BCUT2D eigenvalue weighted by molar-refractivity contribution is 0.137. The minimum atomic E-state index is -1.83. The number of nitrogens with two attached hydrogens (primary N) is 3. The van der Waals surface area contributed by atoms with Crippen LogP contribution in [0.15, 0.2) is 0 Å². The Labute approximate surface area is 66.4 Å². The summed E-state index contributed by atoms with van der Waals surface area (Å²) in [5, 5.41) is 21.1. The van der Waals surface area contributed by atoms with E-state index in [-0.39, 0.29) is 0 Å². The minimum Gasteiger partial charge on any atom is -0.465 e. The standard InChI is InChI=1S/CH4N2O.CH3NO2.CH2O3/c3*2-1(3)4/h(H4,2,3,4);2H2,(H,3,4);(H2,2,3,4). The Bertz CT molecular complexity index is 116. The first kappa shape index (κ1) is 16.4. The molecular weight excluding hydrogens is 174 g/mol. The molecule has 0 rings (SSSR count). The van der Waals surface area contributed by atoms with Gasteiger partial charge in [-0.05, 0) is 0 Å². The topological polar surface area (TPSA) is 190 Å². The summed E-state index contributed by atoms with van der Waals surface area (Å²) >= 11 is 0. The number of urea groups is 1. The van der Waals surface area contributed by atoms with Crippen LogP contribution in [0.3, 0.4) is 0 Å². The molecule has 0 aromatic carbocycles. The minimum absolute atomic E-state index is 0.833. The molecule has 12 heavy (non-hydrogen) atoms. The Morgan fingerprint density at radius 3 is 0.833 bits per heavy atom. The molecule has 9 heteroatoms. The first-order valence-electron chi connectivity index (χ1n) is 2.15. The van der Waals surface area contributed by atoms with E-state index in [1.54, 1.807) is 0 Å². The molecule has 0 bridgehead atoms. The van der Waals surface area contributed by atoms with E-state index in [9.17, 15) is 0 Å². The molecule has 0 saturated heterocycles. The highest BCUT2D eigenvalue weighted by atomic mass is 16.6. The fourth-order valence-electron chi connectivity index (χ4n) is 0. The second-order valence-electron chi connectivity index (χ2n) is 1.02. The van der Waals surface area contributed by atoms with Crippen molar-refractivity contribution < 1.29 is 29.7 Å². The quantitative estimate of drug-likeness (QED) is 0.275. The molecule has 0 aromatic heterocycles. The van der Waals surface area contributed by atoms with Crippen LogP contribution >= 0.6 is 0 Å². The van der Waals surface area contributed by atoms with Crippen molar-refractivity contribution in [2.75, 3.05) is 0 Å². The Kier molecular flexibility index (Phi) is 15.9. The maximum atomic E-state index is 9.00. The van der Waals surface area contributed by atoms with Gasteiger partial charge >= 0.3 is 18.3 Å². The Morgan fingerprint density at radius 2 is 0.833 bits per heavy atom. The van der Waals surface area contributed by atoms with Crippen molar-refractivity contribution in [1.82, 2.24) is 0 Å². The zero-order chi connectivity index (χ0) is 10.7. The SMILES string of the molecule is NC(=O)O.NC(N)=O.O=C(O)O. The normalized spacial score (nSPS) is 6.00. The predicted molar refractivity (Wildman–Crippen MR) is 36.6 cm³/mol. The smallest absolute Gasteiger partial charge is 0.465 e. The molecule has 0 aliphatic carbocycles. The molecule has 0 heterocycles. The van der Waals surface area contributed by atoms with Gasteiger partial charge in [-0.25, -0.2) is 14.4 Å². The van der Waals surface area contributed by atoms with Gasteiger partial charge in [-0.15, -0.1) is 0 Å². The van der Waals surface area contributed by atoms with E-state index in [1.165, 1.54) is 0 Å². The molecule has 0 saturated carbocycles. The van der Waals surface area contributed by atoms with Crippen LogP contribution in [0.2, 0.25) is 0 Å². The second kappa shape index (κ2) is 11.6. The number of carbonyl (C=O) groups is 3. The molecule has 0 radical (unpaired) electrons. The van der Waals surface area contributed by atoms with Crippen LogP contribution in [0.4, 0.5) is 14.4 Å². The van der Waals surface area contributed by atoms with Gasteiger partial charge in [0.25, 0.3) is 0 Å². The first-order valence-corrected chi connectivity index (χ1v) is 2.15. The lowest BCUT2D eigenvalue weighted by atomic mass is 11.2. The number of primary amides is 3. The molecule has 72 valence electrons. The molecule has 0 atom stereocenters. The Balaban J connectivity index is -0.000000101. The van der Waals surface area contributed by atoms with Crippen LogP contribution in [0.5, 0.6) is 0 Å². The van der Waals surface area contributed by atoms with Gasteiger partial charge in [-0.1, -0.05) is 0 Å². The first-order chi connectivity index (χ1) is 5.20. The molecule has 9 N–H and O–H groups in total. The molecule has 0 spiro atoms. The van der Waals surface area contributed by atoms with Crippen LogP contribution in [-0.4, -0.2) is 33.6 Å². The van der Waals surface area contributed by atoms with Crippen molar-refractivity contribution in [1.29, 1.82) is 0 Å². The molecular formula is C3H9N3O6. The van der Waals surface area contributed by atoms with E-state index >= 15 is 0 Å². The van der Waals surface area contributed by atoms with Gasteiger partial charge in [0.2, 0.25) is 0 Å². The summed E-state index contributed by atoms with van der Waals surface area (Å²) in [6.45, 7) is 0. The summed E-state index contributed by atoms with van der Waals surface area (Å²) in [5.41, 5.74) is 12.5. The molecule has 0 fully saturated rings. The van der Waals surface area contributed by atoms with Gasteiger partial charge in [-0.3, -0.25) is 0 Å². The van der Waals surface area contributed by atoms with E-state index in [4.69, 9.17) is 29.7 Å². The highest BCUT2D eigenvalue weighted by molar-refractivity contribution is 5.69. The molecule has 0 aliphatic heterocycles. The summed E-state index contributed by atoms with van der Waals surface area (Å²) in [5.74, 6) is 0. The average Bonchev–Trinajstić information content (AvgIpc) is 1.54. The van der Waals surface area contributed by atoms with E-state index in [0.29, 0.717) is 0 Å². The number of amides is 3. The van der Waals surface area contributed by atoms with Crippen molar-refractivity contribution in [2.24, 2.45) is 17.2 Å². The summed E-state index contributed by atoms with van der Waals surface area (Å²) in [6, 6.07) is -0.833. The maximum absolute atomic E-state index is 9.00. The van der Waals surface area contributed by atoms with Crippen molar-refractivity contribution in [2.45, 2.75) is 0 Å². The average molecular weight is 183 g/mol. The van der Waals surface area contributed by atoms with Gasteiger partial charge in [0.1, 0.15) is 0 Å². The number of carboxylic acid groups (broad SMARTS) is 3. The predicted octanol–water partition coefficient (Wildman–Crippen LogP) is -1.13. The van der Waals surface area contributed by atoms with Gasteiger partial charge in [0, 0.05) is 0 Å². The largest absolute Gasteiger partial charge is 0.503 e. The Morgan fingerprint density at radius 1 is 0.833 bits per heavy atom. The number of rotatable bonds is 0. The fourth-order valence-corrected chi connectivity index (χ4v) is 0. The van der Waals surface area contributed by atoms with E-state index in [0.717, 1.165) is 0 Å². The van der Waals surface area contributed by atoms with Crippen molar-refractivity contribution in [3.8, 4) is 0 Å². The third-order valence-corrected chi connectivity index (χ3v) is 0. The zero-order valence-electron chi connectivity index (χ0n) is 5.80. The molecule has 0 aliphatic rings. The van der Waals surface area contributed by atoms with Gasteiger partial charge in [0.05, 0.1) is 0 Å². The van der Waals surface area contributed by atoms with Crippen molar-refractivity contribution in [3.63, 3.8) is 0 Å².